The average molecular weight is 498 g/mol. The number of amides is 4. The quantitative estimate of drug-likeness (QED) is 0.616. The minimum absolute atomic E-state index is 0.0318. The maximum absolute atomic E-state index is 13.7. The third kappa shape index (κ3) is 4.70. The summed E-state index contributed by atoms with van der Waals surface area (Å²) in [6, 6.07) is 5.00. The Kier molecular flexibility index (Phi) is 6.86. The number of likely N-dealkylation sites (tertiary alicyclic amines) is 1. The van der Waals surface area contributed by atoms with Gasteiger partial charge >= 0.3 is 6.03 Å². The van der Waals surface area contributed by atoms with Crippen LogP contribution in [-0.4, -0.2) is 82.5 Å². The van der Waals surface area contributed by atoms with E-state index in [4.69, 9.17) is 4.74 Å². The number of imide groups is 1. The van der Waals surface area contributed by atoms with Crippen LogP contribution in [0, 0.1) is 5.92 Å². The lowest BCUT2D eigenvalue weighted by Gasteiger charge is -2.42. The van der Waals surface area contributed by atoms with Crippen LogP contribution in [0.1, 0.15) is 36.9 Å². The Bertz CT molecular complexity index is 1050. The maximum Gasteiger partial charge on any atom is 0.325 e. The fourth-order valence-electron chi connectivity index (χ4n) is 5.43. The molecule has 2 aromatic heterocycles. The van der Waals surface area contributed by atoms with Crippen molar-refractivity contribution in [1.29, 1.82) is 0 Å². The fourth-order valence-corrected chi connectivity index (χ4v) is 6.09. The van der Waals surface area contributed by atoms with Gasteiger partial charge in [-0.05, 0) is 59.7 Å². The topological polar surface area (TPSA) is 95.1 Å². The highest BCUT2D eigenvalue weighted by atomic mass is 32.1. The number of pyridine rings is 1. The van der Waals surface area contributed by atoms with Crippen LogP contribution in [0.3, 0.4) is 0 Å². The third-order valence-electron chi connectivity index (χ3n) is 7.49. The number of thiophene rings is 1. The molecule has 0 aliphatic carbocycles. The summed E-state index contributed by atoms with van der Waals surface area (Å²) in [6.45, 7) is 5.81. The van der Waals surface area contributed by atoms with Crippen molar-refractivity contribution in [3.8, 4) is 0 Å². The molecule has 35 heavy (non-hydrogen) atoms. The van der Waals surface area contributed by atoms with Crippen molar-refractivity contribution in [1.82, 2.24) is 25.0 Å². The van der Waals surface area contributed by atoms with E-state index in [1.807, 2.05) is 40.8 Å². The number of aromatic nitrogens is 1. The van der Waals surface area contributed by atoms with Gasteiger partial charge in [0.05, 0.1) is 19.8 Å². The minimum atomic E-state index is -0.949. The first-order valence-electron chi connectivity index (χ1n) is 12.1. The summed E-state index contributed by atoms with van der Waals surface area (Å²) in [5.74, 6) is -0.153. The molecule has 0 saturated carbocycles. The second-order valence-corrected chi connectivity index (χ2v) is 10.4. The molecule has 0 bridgehead atoms. The van der Waals surface area contributed by atoms with Crippen molar-refractivity contribution in [2.75, 3.05) is 39.4 Å². The van der Waals surface area contributed by atoms with Crippen molar-refractivity contribution >= 4 is 29.2 Å². The highest BCUT2D eigenvalue weighted by Gasteiger charge is 2.53. The van der Waals surface area contributed by atoms with Gasteiger partial charge in [0, 0.05) is 38.6 Å². The van der Waals surface area contributed by atoms with Gasteiger partial charge in [0.2, 0.25) is 5.91 Å². The second kappa shape index (κ2) is 10.0. The Morgan fingerprint density at radius 1 is 1.23 bits per heavy atom. The smallest absolute Gasteiger partial charge is 0.325 e. The molecule has 0 aromatic carbocycles. The van der Waals surface area contributed by atoms with Crippen LogP contribution in [0.25, 0.3) is 0 Å². The van der Waals surface area contributed by atoms with E-state index in [-0.39, 0.29) is 30.3 Å². The average Bonchev–Trinajstić information content (AvgIpc) is 3.48. The monoisotopic (exact) mass is 497 g/mol. The van der Waals surface area contributed by atoms with E-state index in [1.54, 1.807) is 23.7 Å². The van der Waals surface area contributed by atoms with Gasteiger partial charge in [-0.3, -0.25) is 24.4 Å². The van der Waals surface area contributed by atoms with Crippen LogP contribution >= 0.6 is 11.3 Å². The number of hydrogen-bond acceptors (Lipinski definition) is 7. The summed E-state index contributed by atoms with van der Waals surface area (Å²) in [6.07, 6.45) is 4.79. The molecule has 4 amide bonds. The third-order valence-corrected chi connectivity index (χ3v) is 8.22. The largest absolute Gasteiger partial charge is 0.379 e. The Morgan fingerprint density at radius 3 is 2.66 bits per heavy atom. The summed E-state index contributed by atoms with van der Waals surface area (Å²) in [7, 11) is 0. The van der Waals surface area contributed by atoms with Crippen molar-refractivity contribution < 1.29 is 19.1 Å². The van der Waals surface area contributed by atoms with E-state index >= 15 is 0 Å². The summed E-state index contributed by atoms with van der Waals surface area (Å²) in [5, 5.41) is 6.86. The molecular formula is C25H31N5O4S. The van der Waals surface area contributed by atoms with Gasteiger partial charge in [-0.25, -0.2) is 4.79 Å². The normalized spacial score (nSPS) is 25.1. The standard InChI is InChI=1S/C25H31N5O4S/c1-25(23(32)30(24(33)27-25)16-18-6-14-35-17-18)20-4-8-29(9-5-20)22(31)21(19-3-2-7-26-15-19)28-10-12-34-13-11-28/h2-3,6-7,14-15,17,20-21H,4-5,8-13,16H2,1H3,(H,27,33). The Morgan fingerprint density at radius 2 is 2.00 bits per heavy atom. The van der Waals surface area contributed by atoms with Crippen LogP contribution in [-0.2, 0) is 20.9 Å². The van der Waals surface area contributed by atoms with Crippen LogP contribution in [0.15, 0.2) is 41.4 Å². The van der Waals surface area contributed by atoms with Crippen LogP contribution in [0.2, 0.25) is 0 Å². The maximum atomic E-state index is 13.7. The number of morpholine rings is 1. The Hall–Kier alpha value is -2.82. The highest BCUT2D eigenvalue weighted by molar-refractivity contribution is 7.07. The molecule has 0 radical (unpaired) electrons. The fraction of sp³-hybridized carbons (Fsp3) is 0.520. The van der Waals surface area contributed by atoms with E-state index in [2.05, 4.69) is 15.2 Å². The van der Waals surface area contributed by atoms with E-state index in [9.17, 15) is 14.4 Å². The van der Waals surface area contributed by atoms with Gasteiger partial charge in [0.25, 0.3) is 5.91 Å². The number of urea groups is 1. The van der Waals surface area contributed by atoms with Gasteiger partial charge < -0.3 is 15.0 Å². The SMILES string of the molecule is CC1(C2CCN(C(=O)C(c3cccnc3)N3CCOCC3)CC2)NC(=O)N(Cc2ccsc2)C1=O. The molecule has 3 saturated heterocycles. The lowest BCUT2D eigenvalue weighted by molar-refractivity contribution is -0.141. The molecule has 3 aliphatic heterocycles. The van der Waals surface area contributed by atoms with Crippen LogP contribution in [0.4, 0.5) is 4.79 Å². The molecule has 2 atom stereocenters. The Balaban J connectivity index is 1.26. The first-order valence-corrected chi connectivity index (χ1v) is 13.1. The van der Waals surface area contributed by atoms with Crippen molar-refractivity contribution in [3.63, 3.8) is 0 Å². The number of carbonyl (C=O) groups is 3. The molecule has 5 rings (SSSR count). The zero-order valence-corrected chi connectivity index (χ0v) is 20.7. The summed E-state index contributed by atoms with van der Waals surface area (Å²) in [4.78, 5) is 49.3. The predicted molar refractivity (Wildman–Crippen MR) is 130 cm³/mol. The predicted octanol–water partition coefficient (Wildman–Crippen LogP) is 2.27. The van der Waals surface area contributed by atoms with Crippen LogP contribution < -0.4 is 5.32 Å². The van der Waals surface area contributed by atoms with E-state index in [1.165, 1.54) is 4.90 Å². The van der Waals surface area contributed by atoms with E-state index < -0.39 is 11.6 Å². The molecule has 9 nitrogen and oxygen atoms in total. The Labute approximate surface area is 209 Å². The number of piperidine rings is 1. The van der Waals surface area contributed by atoms with Crippen molar-refractivity contribution in [2.45, 2.75) is 37.9 Å². The number of hydrogen-bond donors (Lipinski definition) is 1. The molecule has 3 fully saturated rings. The number of carbonyl (C=O) groups excluding carboxylic acids is 3. The van der Waals surface area contributed by atoms with Crippen molar-refractivity contribution in [3.05, 3.63) is 52.5 Å². The zero-order chi connectivity index (χ0) is 24.4. The summed E-state index contributed by atoms with van der Waals surface area (Å²) >= 11 is 1.55. The van der Waals surface area contributed by atoms with Gasteiger partial charge in [-0.15, -0.1) is 0 Å². The summed E-state index contributed by atoms with van der Waals surface area (Å²) in [5.41, 5.74) is 0.887. The van der Waals surface area contributed by atoms with E-state index in [0.29, 0.717) is 52.2 Å². The molecule has 10 heteroatoms. The molecule has 186 valence electrons. The molecule has 2 unspecified atom stereocenters. The number of nitrogens with one attached hydrogen (secondary N) is 1. The van der Waals surface area contributed by atoms with Gasteiger partial charge in [-0.2, -0.15) is 11.3 Å². The first-order chi connectivity index (χ1) is 17.0. The number of rotatable bonds is 6. The van der Waals surface area contributed by atoms with Crippen LogP contribution in [0.5, 0.6) is 0 Å². The highest BCUT2D eigenvalue weighted by Crippen LogP contribution is 2.35. The lowest BCUT2D eigenvalue weighted by Crippen LogP contribution is -2.55. The number of nitrogens with zero attached hydrogens (tertiary/aromatic N) is 4. The minimum Gasteiger partial charge on any atom is -0.379 e. The first kappa shape index (κ1) is 23.9. The van der Waals surface area contributed by atoms with Gasteiger partial charge in [0.1, 0.15) is 11.6 Å². The second-order valence-electron chi connectivity index (χ2n) is 9.59. The molecule has 3 aliphatic rings. The lowest BCUT2D eigenvalue weighted by atomic mass is 9.78. The zero-order valence-electron chi connectivity index (χ0n) is 19.9. The molecule has 0 spiro atoms. The van der Waals surface area contributed by atoms with Crippen molar-refractivity contribution in [2.24, 2.45) is 5.92 Å². The molecule has 5 heterocycles. The number of ether oxygens (including phenoxy) is 1. The molecule has 2 aromatic rings. The van der Waals surface area contributed by atoms with Gasteiger partial charge in [0.15, 0.2) is 0 Å². The molecular weight excluding hydrogens is 466 g/mol. The molecule has 1 N–H and O–H groups in total. The van der Waals surface area contributed by atoms with Gasteiger partial charge in [-0.1, -0.05) is 6.07 Å². The van der Waals surface area contributed by atoms with E-state index in [0.717, 1.165) is 11.1 Å². The summed E-state index contributed by atoms with van der Waals surface area (Å²) < 4.78 is 5.50.